The van der Waals surface area contributed by atoms with E-state index < -0.39 is 0 Å². The van der Waals surface area contributed by atoms with E-state index >= 15 is 0 Å². The van der Waals surface area contributed by atoms with E-state index in [1.54, 1.807) is 34.4 Å². The first kappa shape index (κ1) is 17.9. The Balaban J connectivity index is 1.80. The fourth-order valence-corrected chi connectivity index (χ4v) is 5.76. The molecule has 5 nitrogen and oxygen atoms in total. The minimum absolute atomic E-state index is 0.0236. The number of hydrogen-bond donors (Lipinski definition) is 0. The highest BCUT2D eigenvalue weighted by Crippen LogP contribution is 2.42. The Kier molecular flexibility index (Phi) is 3.93. The van der Waals surface area contributed by atoms with E-state index in [1.165, 1.54) is 10.4 Å². The first-order valence-corrected chi connectivity index (χ1v) is 10.7. The summed E-state index contributed by atoms with van der Waals surface area (Å²) in [6.45, 7) is 6.92. The molecule has 3 aromatic heterocycles. The fraction of sp³-hybridized carbons (Fsp3) is 0.381. The number of rotatable bonds is 1. The lowest BCUT2D eigenvalue weighted by Crippen LogP contribution is -2.27. The van der Waals surface area contributed by atoms with E-state index in [2.05, 4.69) is 31.0 Å². The van der Waals surface area contributed by atoms with Crippen LogP contribution in [0.5, 0.6) is 0 Å². The number of aromatic nitrogens is 4. The zero-order chi connectivity index (χ0) is 19.6. The van der Waals surface area contributed by atoms with E-state index in [-0.39, 0.29) is 11.0 Å². The summed E-state index contributed by atoms with van der Waals surface area (Å²) in [6.07, 6.45) is 4.79. The Labute approximate surface area is 171 Å². The molecule has 1 unspecified atom stereocenters. The molecule has 28 heavy (non-hydrogen) atoms. The van der Waals surface area contributed by atoms with Crippen molar-refractivity contribution in [2.24, 2.45) is 11.3 Å². The van der Waals surface area contributed by atoms with Gasteiger partial charge in [-0.2, -0.15) is 0 Å². The molecule has 0 fully saturated rings. The smallest absolute Gasteiger partial charge is 0.268 e. The Morgan fingerprint density at radius 3 is 2.68 bits per heavy atom. The number of aryl methyl sites for hydroxylation is 1. The fourth-order valence-electron chi connectivity index (χ4n) is 4.25. The number of thiophene rings is 1. The second-order valence-corrected chi connectivity index (χ2v) is 10.1. The molecule has 1 atom stereocenters. The maximum atomic E-state index is 13.6. The van der Waals surface area contributed by atoms with Crippen molar-refractivity contribution in [3.8, 4) is 5.69 Å². The lowest BCUT2D eigenvalue weighted by atomic mass is 9.72. The van der Waals surface area contributed by atoms with Crippen LogP contribution in [-0.4, -0.2) is 19.2 Å². The van der Waals surface area contributed by atoms with Crippen molar-refractivity contribution in [3.63, 3.8) is 0 Å². The molecule has 1 aromatic carbocycles. The Morgan fingerprint density at radius 1 is 1.21 bits per heavy atom. The van der Waals surface area contributed by atoms with Crippen molar-refractivity contribution in [3.05, 3.63) is 56.4 Å². The van der Waals surface area contributed by atoms with E-state index in [4.69, 9.17) is 11.6 Å². The Hall–Kier alpha value is -2.18. The monoisotopic (exact) mass is 412 g/mol. The Morgan fingerprint density at radius 2 is 1.96 bits per heavy atom. The first-order valence-electron chi connectivity index (χ1n) is 9.49. The summed E-state index contributed by atoms with van der Waals surface area (Å²) in [6, 6.07) is 7.27. The van der Waals surface area contributed by atoms with Crippen LogP contribution in [-0.2, 0) is 12.8 Å². The average molecular weight is 413 g/mol. The molecule has 1 aliphatic rings. The van der Waals surface area contributed by atoms with E-state index in [0.29, 0.717) is 16.7 Å². The van der Waals surface area contributed by atoms with Gasteiger partial charge in [0, 0.05) is 9.90 Å². The van der Waals surface area contributed by atoms with Crippen molar-refractivity contribution in [2.45, 2.75) is 40.0 Å². The molecule has 0 aliphatic heterocycles. The van der Waals surface area contributed by atoms with Crippen LogP contribution in [0.15, 0.2) is 35.4 Å². The van der Waals surface area contributed by atoms with E-state index in [9.17, 15) is 4.79 Å². The molecule has 0 N–H and O–H groups in total. The third-order valence-corrected chi connectivity index (χ3v) is 7.43. The van der Waals surface area contributed by atoms with Crippen LogP contribution in [0, 0.1) is 11.3 Å². The third-order valence-electron chi connectivity index (χ3n) is 5.92. The van der Waals surface area contributed by atoms with Gasteiger partial charge in [0.25, 0.3) is 5.56 Å². The average Bonchev–Trinajstić information content (AvgIpc) is 3.26. The van der Waals surface area contributed by atoms with E-state index in [1.807, 2.05) is 16.5 Å². The summed E-state index contributed by atoms with van der Waals surface area (Å²) in [4.78, 5) is 15.9. The van der Waals surface area contributed by atoms with E-state index in [0.717, 1.165) is 35.2 Å². The van der Waals surface area contributed by atoms with Crippen molar-refractivity contribution in [2.75, 3.05) is 0 Å². The third kappa shape index (κ3) is 2.62. The van der Waals surface area contributed by atoms with Gasteiger partial charge in [0.15, 0.2) is 0 Å². The topological polar surface area (TPSA) is 52.2 Å². The number of benzene rings is 1. The number of halogens is 1. The molecule has 144 valence electrons. The zero-order valence-electron chi connectivity index (χ0n) is 16.1. The van der Waals surface area contributed by atoms with Gasteiger partial charge in [-0.1, -0.05) is 32.4 Å². The molecule has 0 bridgehead atoms. The maximum Gasteiger partial charge on any atom is 0.268 e. The van der Waals surface area contributed by atoms with Gasteiger partial charge >= 0.3 is 0 Å². The summed E-state index contributed by atoms with van der Waals surface area (Å²) in [7, 11) is 0. The summed E-state index contributed by atoms with van der Waals surface area (Å²) < 4.78 is 3.59. The second kappa shape index (κ2) is 6.16. The largest absolute Gasteiger partial charge is 0.268 e. The van der Waals surface area contributed by atoms with Gasteiger partial charge in [0.1, 0.15) is 11.2 Å². The zero-order valence-corrected chi connectivity index (χ0v) is 17.6. The molecule has 4 aromatic rings. The van der Waals surface area contributed by atoms with Crippen LogP contribution in [0.4, 0.5) is 0 Å². The summed E-state index contributed by atoms with van der Waals surface area (Å²) in [5, 5.41) is 9.78. The molecule has 3 heterocycles. The van der Waals surface area contributed by atoms with Crippen LogP contribution in [0.1, 0.15) is 37.6 Å². The van der Waals surface area contributed by atoms with Gasteiger partial charge in [0.2, 0.25) is 5.78 Å². The van der Waals surface area contributed by atoms with Crippen LogP contribution in [0.3, 0.4) is 0 Å². The standard InChI is InChI=1S/C21H21ClN4OS/c1-21(2,3)12-4-9-15-16(10-12)28-19-17(15)18(27)26(20-24-23-11-25(19)20)14-7-5-13(22)6-8-14/h5-8,11-12H,4,9-10H2,1-3H3. The second-order valence-electron chi connectivity index (χ2n) is 8.61. The highest BCUT2D eigenvalue weighted by atomic mass is 35.5. The Bertz CT molecular complexity index is 1260. The van der Waals surface area contributed by atoms with Crippen molar-refractivity contribution in [1.29, 1.82) is 0 Å². The van der Waals surface area contributed by atoms with Gasteiger partial charge < -0.3 is 0 Å². The molecule has 0 saturated carbocycles. The highest BCUT2D eigenvalue weighted by Gasteiger charge is 2.32. The molecule has 1 aliphatic carbocycles. The summed E-state index contributed by atoms with van der Waals surface area (Å²) >= 11 is 7.76. The number of hydrogen-bond acceptors (Lipinski definition) is 4. The van der Waals surface area contributed by atoms with Crippen molar-refractivity contribution < 1.29 is 0 Å². The highest BCUT2D eigenvalue weighted by molar-refractivity contribution is 7.18. The molecule has 0 amide bonds. The predicted molar refractivity (Wildman–Crippen MR) is 114 cm³/mol. The normalized spacial score (nSPS) is 17.4. The number of nitrogens with zero attached hydrogens (tertiary/aromatic N) is 4. The van der Waals surface area contributed by atoms with Gasteiger partial charge in [-0.05, 0) is 60.4 Å². The number of fused-ring (bicyclic) bond motifs is 5. The SMILES string of the molecule is CC(C)(C)C1CCc2c(sc3c2c(=O)n(-c2ccc(Cl)cc2)c2nncn32)C1. The molecular weight excluding hydrogens is 392 g/mol. The quantitative estimate of drug-likeness (QED) is 0.446. The summed E-state index contributed by atoms with van der Waals surface area (Å²) in [5.74, 6) is 1.16. The minimum atomic E-state index is -0.0236. The van der Waals surface area contributed by atoms with Crippen LogP contribution >= 0.6 is 22.9 Å². The van der Waals surface area contributed by atoms with Crippen molar-refractivity contribution >= 4 is 38.9 Å². The summed E-state index contributed by atoms with van der Waals surface area (Å²) in [5.41, 5.74) is 2.20. The van der Waals surface area contributed by atoms with Gasteiger partial charge in [-0.3, -0.25) is 9.20 Å². The van der Waals surface area contributed by atoms with Crippen LogP contribution in [0.2, 0.25) is 5.02 Å². The van der Waals surface area contributed by atoms with Gasteiger partial charge in [-0.25, -0.2) is 4.57 Å². The van der Waals surface area contributed by atoms with Gasteiger partial charge in [0.05, 0.1) is 11.1 Å². The lowest BCUT2D eigenvalue weighted by molar-refractivity contribution is 0.218. The predicted octanol–water partition coefficient (Wildman–Crippen LogP) is 4.90. The minimum Gasteiger partial charge on any atom is -0.268 e. The molecule has 7 heteroatoms. The molecule has 0 saturated heterocycles. The molecular formula is C21H21ClN4OS. The molecule has 0 radical (unpaired) electrons. The van der Waals surface area contributed by atoms with Gasteiger partial charge in [-0.15, -0.1) is 21.5 Å². The first-order chi connectivity index (χ1) is 13.3. The van der Waals surface area contributed by atoms with Crippen LogP contribution in [0.25, 0.3) is 21.7 Å². The molecule has 5 rings (SSSR count). The molecule has 0 spiro atoms. The van der Waals surface area contributed by atoms with Crippen molar-refractivity contribution in [1.82, 2.24) is 19.2 Å². The maximum absolute atomic E-state index is 13.6. The van der Waals surface area contributed by atoms with Crippen LogP contribution < -0.4 is 5.56 Å². The lowest BCUT2D eigenvalue weighted by Gasteiger charge is -2.33.